The summed E-state index contributed by atoms with van der Waals surface area (Å²) in [4.78, 5) is 11.7. The second-order valence-corrected chi connectivity index (χ2v) is 9.84. The molecule has 0 saturated heterocycles. The third-order valence-electron chi connectivity index (χ3n) is 3.23. The van der Waals surface area contributed by atoms with Gasteiger partial charge in [-0.05, 0) is 0 Å². The molecule has 0 heterocycles. The van der Waals surface area contributed by atoms with Crippen LogP contribution in [0.5, 0.6) is 0 Å². The van der Waals surface area contributed by atoms with Crippen LogP contribution in [0.15, 0.2) is 59.5 Å². The van der Waals surface area contributed by atoms with Gasteiger partial charge in [-0.25, -0.2) is 0 Å². The van der Waals surface area contributed by atoms with E-state index in [0.29, 0.717) is 0 Å². The summed E-state index contributed by atoms with van der Waals surface area (Å²) < 4.78 is 25.9. The molecule has 5 heteroatoms. The molecule has 2 aromatic carbocycles. The Morgan fingerprint density at radius 2 is 1.64 bits per heavy atom. The molecule has 0 fully saturated rings. The first kappa shape index (κ1) is 16.9. The van der Waals surface area contributed by atoms with E-state index in [9.17, 15) is 13.2 Å². The van der Waals surface area contributed by atoms with E-state index in [1.165, 1.54) is 6.92 Å². The number of rotatable bonds is 6. The molecule has 1 unspecified atom stereocenters. The monoisotopic (exact) mass is 382 g/mol. The Morgan fingerprint density at radius 1 is 1.05 bits per heavy atom. The van der Waals surface area contributed by atoms with Gasteiger partial charge in [0.25, 0.3) is 0 Å². The first-order chi connectivity index (χ1) is 10.4. The second kappa shape index (κ2) is 7.23. The molecule has 0 saturated carbocycles. The molecule has 1 atom stereocenters. The number of aryl methyl sites for hydroxylation is 1. The van der Waals surface area contributed by atoms with Gasteiger partial charge in [-0.2, -0.15) is 0 Å². The molecule has 0 bridgehead atoms. The van der Waals surface area contributed by atoms with Crippen molar-refractivity contribution in [2.75, 3.05) is 5.75 Å². The zero-order chi connectivity index (χ0) is 16.2. The number of hydrogen-bond acceptors (Lipinski definition) is 3. The molecular formula is C17H18O3SSe. The maximum absolute atomic E-state index is 12.4. The summed E-state index contributed by atoms with van der Waals surface area (Å²) in [6.45, 7) is 3.47. The third kappa shape index (κ3) is 4.54. The molecule has 0 aliphatic rings. The van der Waals surface area contributed by atoms with Gasteiger partial charge in [0, 0.05) is 0 Å². The molecule has 3 nitrogen and oxygen atoms in total. The molecule has 0 aliphatic carbocycles. The molecule has 2 aromatic rings. The molecule has 0 radical (unpaired) electrons. The molecule has 0 spiro atoms. The van der Waals surface area contributed by atoms with Crippen molar-refractivity contribution in [2.45, 2.75) is 23.6 Å². The Labute approximate surface area is 137 Å². The van der Waals surface area contributed by atoms with E-state index < -0.39 is 14.7 Å². The van der Waals surface area contributed by atoms with Gasteiger partial charge in [0.2, 0.25) is 0 Å². The van der Waals surface area contributed by atoms with Crippen LogP contribution in [0.3, 0.4) is 0 Å². The van der Waals surface area contributed by atoms with Crippen LogP contribution in [-0.2, 0) is 14.6 Å². The van der Waals surface area contributed by atoms with Gasteiger partial charge in [0.05, 0.1) is 0 Å². The molecule has 116 valence electrons. The third-order valence-corrected chi connectivity index (χ3v) is 8.25. The number of ketones is 1. The molecule has 0 amide bonds. The first-order valence-corrected chi connectivity index (χ1v) is 10.4. The first-order valence-electron chi connectivity index (χ1n) is 6.90. The van der Waals surface area contributed by atoms with Crippen molar-refractivity contribution < 1.29 is 13.2 Å². The van der Waals surface area contributed by atoms with E-state index >= 15 is 0 Å². The van der Waals surface area contributed by atoms with Crippen LogP contribution in [0.1, 0.15) is 12.5 Å². The summed E-state index contributed by atoms with van der Waals surface area (Å²) in [5.41, 5.74) is 1.15. The van der Waals surface area contributed by atoms with Crippen molar-refractivity contribution in [1.29, 1.82) is 0 Å². The number of sulfone groups is 1. The SMILES string of the molecule is CC(=O)C(CS(=O)(=O)c1ccccc1)[Se]c1ccc(C)cc1. The number of hydrogen-bond donors (Lipinski definition) is 0. The quantitative estimate of drug-likeness (QED) is 0.721. The molecule has 0 N–H and O–H groups in total. The van der Waals surface area contributed by atoms with Gasteiger partial charge >= 0.3 is 138 Å². The molecule has 2 rings (SSSR count). The van der Waals surface area contributed by atoms with Crippen LogP contribution in [0.2, 0.25) is 4.82 Å². The van der Waals surface area contributed by atoms with Crippen molar-refractivity contribution in [3.8, 4) is 0 Å². The average Bonchev–Trinajstić information content (AvgIpc) is 2.49. The predicted molar refractivity (Wildman–Crippen MR) is 89.5 cm³/mol. The van der Waals surface area contributed by atoms with E-state index in [1.54, 1.807) is 30.3 Å². The zero-order valence-electron chi connectivity index (χ0n) is 12.5. The number of carbonyl (C=O) groups excluding carboxylic acids is 1. The summed E-state index contributed by atoms with van der Waals surface area (Å²) in [6, 6.07) is 16.2. The van der Waals surface area contributed by atoms with Crippen LogP contribution in [-0.4, -0.2) is 34.9 Å². The van der Waals surface area contributed by atoms with E-state index in [2.05, 4.69) is 0 Å². The van der Waals surface area contributed by atoms with Gasteiger partial charge < -0.3 is 0 Å². The summed E-state index contributed by atoms with van der Waals surface area (Å²) in [5, 5.41) is 0. The van der Waals surface area contributed by atoms with E-state index in [0.717, 1.165) is 10.0 Å². The van der Waals surface area contributed by atoms with E-state index in [4.69, 9.17) is 0 Å². The van der Waals surface area contributed by atoms with Gasteiger partial charge in [-0.1, -0.05) is 0 Å². The van der Waals surface area contributed by atoms with Crippen LogP contribution in [0.4, 0.5) is 0 Å². The number of Topliss-reactive ketones (excluding diaryl/α,β-unsaturated/α-hetero) is 1. The summed E-state index contributed by atoms with van der Waals surface area (Å²) in [5.74, 6) is -0.194. The molecular weight excluding hydrogens is 363 g/mol. The van der Waals surface area contributed by atoms with E-state index in [-0.39, 0.29) is 31.4 Å². The Morgan fingerprint density at radius 3 is 2.18 bits per heavy atom. The minimum absolute atomic E-state index is 0.0694. The molecule has 22 heavy (non-hydrogen) atoms. The van der Waals surface area contributed by atoms with Gasteiger partial charge in [0.1, 0.15) is 0 Å². The van der Waals surface area contributed by atoms with Crippen molar-refractivity contribution in [3.63, 3.8) is 0 Å². The predicted octanol–water partition coefficient (Wildman–Crippen LogP) is 2.18. The standard InChI is InChI=1S/C17H18O3SSe/c1-13-8-10-16(11-9-13)22-17(14(2)18)12-21(19,20)15-6-4-3-5-7-15/h3-11,17H,12H2,1-2H3. The second-order valence-electron chi connectivity index (χ2n) is 5.12. The fourth-order valence-electron chi connectivity index (χ4n) is 1.94. The van der Waals surface area contributed by atoms with Crippen LogP contribution in [0.25, 0.3) is 0 Å². The number of benzene rings is 2. The van der Waals surface area contributed by atoms with Crippen LogP contribution in [0, 0.1) is 6.92 Å². The van der Waals surface area contributed by atoms with Crippen molar-refractivity contribution in [2.24, 2.45) is 0 Å². The topological polar surface area (TPSA) is 51.2 Å². The Kier molecular flexibility index (Phi) is 5.57. The van der Waals surface area contributed by atoms with Crippen molar-refractivity contribution >= 4 is 35.0 Å². The van der Waals surface area contributed by atoms with Crippen molar-refractivity contribution in [1.82, 2.24) is 0 Å². The molecule has 0 aromatic heterocycles. The Bertz CT molecular complexity index is 737. The Hall–Kier alpha value is -1.42. The fraction of sp³-hybridized carbons (Fsp3) is 0.235. The Balaban J connectivity index is 2.19. The molecule has 0 aliphatic heterocycles. The fourth-order valence-corrected chi connectivity index (χ4v) is 6.61. The van der Waals surface area contributed by atoms with Gasteiger partial charge in [-0.15, -0.1) is 0 Å². The van der Waals surface area contributed by atoms with E-state index in [1.807, 2.05) is 31.2 Å². The van der Waals surface area contributed by atoms with Gasteiger partial charge in [-0.3, -0.25) is 0 Å². The van der Waals surface area contributed by atoms with Gasteiger partial charge in [0.15, 0.2) is 0 Å². The zero-order valence-corrected chi connectivity index (χ0v) is 15.1. The summed E-state index contributed by atoms with van der Waals surface area (Å²) >= 11 is -0.193. The number of carbonyl (C=O) groups is 1. The summed E-state index contributed by atoms with van der Waals surface area (Å²) in [7, 11) is -3.44. The average molecular weight is 381 g/mol. The summed E-state index contributed by atoms with van der Waals surface area (Å²) in [6.07, 6.45) is 0. The minimum atomic E-state index is -3.44. The van der Waals surface area contributed by atoms with Crippen LogP contribution < -0.4 is 4.46 Å². The normalized spacial score (nSPS) is 12.8. The van der Waals surface area contributed by atoms with Crippen molar-refractivity contribution in [3.05, 3.63) is 60.2 Å². The maximum atomic E-state index is 12.4. The van der Waals surface area contributed by atoms with Crippen LogP contribution >= 0.6 is 0 Å².